The summed E-state index contributed by atoms with van der Waals surface area (Å²) in [5.41, 5.74) is 0. The van der Waals surface area contributed by atoms with E-state index in [9.17, 15) is 4.79 Å². The van der Waals surface area contributed by atoms with Crippen molar-refractivity contribution in [2.75, 3.05) is 13.1 Å². The summed E-state index contributed by atoms with van der Waals surface area (Å²) in [4.78, 5) is 14.2. The van der Waals surface area contributed by atoms with Crippen LogP contribution < -0.4 is 5.32 Å². The molecule has 4 nitrogen and oxygen atoms in total. The third kappa shape index (κ3) is 3.35. The fourth-order valence-corrected chi connectivity index (χ4v) is 2.56. The Morgan fingerprint density at radius 2 is 2.44 bits per heavy atom. The van der Waals surface area contributed by atoms with Crippen LogP contribution in [0.25, 0.3) is 0 Å². The maximum atomic E-state index is 12.1. The molecule has 18 heavy (non-hydrogen) atoms. The lowest BCUT2D eigenvalue weighted by Crippen LogP contribution is -2.46. The summed E-state index contributed by atoms with van der Waals surface area (Å²) >= 11 is 0. The molecule has 0 aliphatic carbocycles. The first-order valence-corrected chi connectivity index (χ1v) is 6.84. The van der Waals surface area contributed by atoms with Crippen molar-refractivity contribution in [3.05, 3.63) is 24.2 Å². The van der Waals surface area contributed by atoms with E-state index >= 15 is 0 Å². The maximum absolute atomic E-state index is 12.1. The molecule has 1 unspecified atom stereocenters. The third-order valence-corrected chi connectivity index (χ3v) is 3.57. The van der Waals surface area contributed by atoms with Gasteiger partial charge in [-0.2, -0.15) is 0 Å². The highest BCUT2D eigenvalue weighted by molar-refractivity contribution is 5.78. The summed E-state index contributed by atoms with van der Waals surface area (Å²) in [5, 5.41) is 3.14. The third-order valence-electron chi connectivity index (χ3n) is 3.57. The highest BCUT2D eigenvalue weighted by atomic mass is 16.3. The Labute approximate surface area is 108 Å². The number of piperidine rings is 1. The zero-order chi connectivity index (χ0) is 12.8. The van der Waals surface area contributed by atoms with Crippen molar-refractivity contribution in [1.82, 2.24) is 10.2 Å². The van der Waals surface area contributed by atoms with Gasteiger partial charge in [0, 0.05) is 12.6 Å². The van der Waals surface area contributed by atoms with Crippen LogP contribution in [0.2, 0.25) is 0 Å². The minimum absolute atomic E-state index is 0.216. The van der Waals surface area contributed by atoms with Gasteiger partial charge in [-0.05, 0) is 37.8 Å². The van der Waals surface area contributed by atoms with Crippen molar-refractivity contribution in [2.45, 2.75) is 45.2 Å². The fourth-order valence-electron chi connectivity index (χ4n) is 2.56. The molecule has 4 heteroatoms. The molecule has 2 heterocycles. The van der Waals surface area contributed by atoms with E-state index in [-0.39, 0.29) is 5.91 Å². The monoisotopic (exact) mass is 250 g/mol. The van der Waals surface area contributed by atoms with Gasteiger partial charge in [0.25, 0.3) is 0 Å². The Morgan fingerprint density at radius 1 is 1.56 bits per heavy atom. The van der Waals surface area contributed by atoms with Gasteiger partial charge in [-0.3, -0.25) is 4.79 Å². The Hall–Kier alpha value is -1.29. The predicted molar refractivity (Wildman–Crippen MR) is 70.1 cm³/mol. The average Bonchev–Trinajstić information content (AvgIpc) is 2.91. The molecule has 2 rings (SSSR count). The smallest absolute Gasteiger partial charge is 0.236 e. The first kappa shape index (κ1) is 13.1. The zero-order valence-corrected chi connectivity index (χ0v) is 11.0. The molecule has 1 aliphatic heterocycles. The molecule has 1 amide bonds. The molecule has 0 spiro atoms. The molecule has 1 aromatic heterocycles. The van der Waals surface area contributed by atoms with Crippen LogP contribution in [-0.4, -0.2) is 29.9 Å². The summed E-state index contributed by atoms with van der Waals surface area (Å²) in [6.45, 7) is 4.09. The molecular formula is C14H22N2O2. The van der Waals surface area contributed by atoms with Crippen molar-refractivity contribution in [3.8, 4) is 0 Å². The van der Waals surface area contributed by atoms with E-state index in [0.717, 1.165) is 31.6 Å². The lowest BCUT2D eigenvalue weighted by molar-refractivity contribution is -0.134. The second kappa shape index (κ2) is 6.59. The van der Waals surface area contributed by atoms with Crippen LogP contribution in [-0.2, 0) is 11.3 Å². The number of carbonyl (C=O) groups excluding carboxylic acids is 1. The number of hydrogen-bond acceptors (Lipinski definition) is 3. The van der Waals surface area contributed by atoms with Crippen molar-refractivity contribution in [3.63, 3.8) is 0 Å². The highest BCUT2D eigenvalue weighted by Crippen LogP contribution is 2.19. The highest BCUT2D eigenvalue weighted by Gasteiger charge is 2.24. The fraction of sp³-hybridized carbons (Fsp3) is 0.643. The molecule has 1 atom stereocenters. The lowest BCUT2D eigenvalue weighted by Gasteiger charge is -2.35. The van der Waals surface area contributed by atoms with Gasteiger partial charge in [-0.1, -0.05) is 6.92 Å². The van der Waals surface area contributed by atoms with Gasteiger partial charge in [0.2, 0.25) is 5.91 Å². The van der Waals surface area contributed by atoms with E-state index < -0.39 is 0 Å². The normalized spacial score (nSPS) is 20.1. The van der Waals surface area contributed by atoms with Crippen LogP contribution in [0.1, 0.15) is 38.4 Å². The number of furan rings is 1. The van der Waals surface area contributed by atoms with Gasteiger partial charge < -0.3 is 14.6 Å². The zero-order valence-electron chi connectivity index (χ0n) is 11.0. The number of nitrogens with zero attached hydrogens (tertiary/aromatic N) is 1. The number of carbonyl (C=O) groups is 1. The molecule has 100 valence electrons. The van der Waals surface area contributed by atoms with Gasteiger partial charge in [0.1, 0.15) is 5.76 Å². The first-order chi connectivity index (χ1) is 8.81. The Bertz CT molecular complexity index is 362. The standard InChI is InChI=1S/C14H22N2O2/c1-2-12-6-3-4-8-16(12)14(17)11-15-10-13-7-5-9-18-13/h5,7,9,12,15H,2-4,6,8,10-11H2,1H3. The quantitative estimate of drug-likeness (QED) is 0.871. The number of likely N-dealkylation sites (tertiary alicyclic amines) is 1. The molecule has 1 fully saturated rings. The van der Waals surface area contributed by atoms with E-state index in [1.54, 1.807) is 6.26 Å². The second-order valence-corrected chi connectivity index (χ2v) is 4.83. The maximum Gasteiger partial charge on any atom is 0.236 e. The minimum Gasteiger partial charge on any atom is -0.468 e. The number of nitrogens with one attached hydrogen (secondary N) is 1. The van der Waals surface area contributed by atoms with E-state index in [1.807, 2.05) is 17.0 Å². The molecule has 1 aliphatic rings. The molecule has 0 saturated carbocycles. The minimum atomic E-state index is 0.216. The molecule has 0 radical (unpaired) electrons. The average molecular weight is 250 g/mol. The van der Waals surface area contributed by atoms with E-state index in [0.29, 0.717) is 19.1 Å². The molecule has 0 aromatic carbocycles. The Morgan fingerprint density at radius 3 is 3.17 bits per heavy atom. The lowest BCUT2D eigenvalue weighted by atomic mass is 10.00. The summed E-state index contributed by atoms with van der Waals surface area (Å²) in [5.74, 6) is 1.08. The van der Waals surface area contributed by atoms with E-state index in [1.165, 1.54) is 6.42 Å². The van der Waals surface area contributed by atoms with E-state index in [2.05, 4.69) is 12.2 Å². The van der Waals surface area contributed by atoms with Gasteiger partial charge in [-0.25, -0.2) is 0 Å². The molecule has 1 aromatic rings. The first-order valence-electron chi connectivity index (χ1n) is 6.84. The van der Waals surface area contributed by atoms with Crippen LogP contribution in [0.4, 0.5) is 0 Å². The molecule has 1 N–H and O–H groups in total. The number of hydrogen-bond donors (Lipinski definition) is 1. The summed E-state index contributed by atoms with van der Waals surface area (Å²) in [6, 6.07) is 4.21. The van der Waals surface area contributed by atoms with Crippen molar-refractivity contribution < 1.29 is 9.21 Å². The van der Waals surface area contributed by atoms with Gasteiger partial charge in [0.15, 0.2) is 0 Å². The van der Waals surface area contributed by atoms with Crippen LogP contribution >= 0.6 is 0 Å². The van der Waals surface area contributed by atoms with E-state index in [4.69, 9.17) is 4.42 Å². The summed E-state index contributed by atoms with van der Waals surface area (Å²) < 4.78 is 5.22. The van der Waals surface area contributed by atoms with Crippen molar-refractivity contribution in [1.29, 1.82) is 0 Å². The number of rotatable bonds is 5. The van der Waals surface area contributed by atoms with Gasteiger partial charge in [0.05, 0.1) is 19.4 Å². The van der Waals surface area contributed by atoms with Gasteiger partial charge in [-0.15, -0.1) is 0 Å². The molecule has 1 saturated heterocycles. The Kier molecular flexibility index (Phi) is 4.81. The van der Waals surface area contributed by atoms with Crippen LogP contribution in [0, 0.1) is 0 Å². The van der Waals surface area contributed by atoms with Crippen LogP contribution in [0.5, 0.6) is 0 Å². The second-order valence-electron chi connectivity index (χ2n) is 4.83. The molecule has 0 bridgehead atoms. The largest absolute Gasteiger partial charge is 0.468 e. The van der Waals surface area contributed by atoms with Crippen molar-refractivity contribution in [2.24, 2.45) is 0 Å². The SMILES string of the molecule is CCC1CCCCN1C(=O)CNCc1ccco1. The van der Waals surface area contributed by atoms with Crippen LogP contribution in [0.3, 0.4) is 0 Å². The summed E-state index contributed by atoms with van der Waals surface area (Å²) in [6.07, 6.45) is 6.25. The molecular weight excluding hydrogens is 228 g/mol. The predicted octanol–water partition coefficient (Wildman–Crippen LogP) is 2.16. The summed E-state index contributed by atoms with van der Waals surface area (Å²) in [7, 11) is 0. The van der Waals surface area contributed by atoms with Crippen molar-refractivity contribution >= 4 is 5.91 Å². The number of amides is 1. The van der Waals surface area contributed by atoms with Gasteiger partial charge >= 0.3 is 0 Å². The Balaban J connectivity index is 1.76. The topological polar surface area (TPSA) is 45.5 Å². The van der Waals surface area contributed by atoms with Crippen LogP contribution in [0.15, 0.2) is 22.8 Å².